The highest BCUT2D eigenvalue weighted by atomic mass is 19.1. The van der Waals surface area contributed by atoms with Gasteiger partial charge in [-0.15, -0.1) is 0 Å². The Labute approximate surface area is 118 Å². The summed E-state index contributed by atoms with van der Waals surface area (Å²) >= 11 is 0. The number of hydrogen-bond acceptors (Lipinski definition) is 5. The van der Waals surface area contributed by atoms with E-state index in [0.29, 0.717) is 5.56 Å². The molecule has 0 bridgehead atoms. The minimum Gasteiger partial charge on any atom is -0.383 e. The number of nitrogen functional groups attached to an aromatic ring is 1. The quantitative estimate of drug-likeness (QED) is 0.656. The number of carbonyl (C=O) groups is 1. The molecule has 0 saturated carbocycles. The van der Waals surface area contributed by atoms with Crippen LogP contribution in [0.25, 0.3) is 0 Å². The van der Waals surface area contributed by atoms with Crippen LogP contribution in [0.3, 0.4) is 0 Å². The number of nitrogens with two attached hydrogens (primary N) is 1. The van der Waals surface area contributed by atoms with Crippen LogP contribution in [-0.4, -0.2) is 15.8 Å². The van der Waals surface area contributed by atoms with Gasteiger partial charge in [0.15, 0.2) is 0 Å². The number of nitro groups is 1. The lowest BCUT2D eigenvalue weighted by Crippen LogP contribution is -2.24. The van der Waals surface area contributed by atoms with Gasteiger partial charge in [-0.2, -0.15) is 0 Å². The molecule has 0 aliphatic carbocycles. The lowest BCUT2D eigenvalue weighted by molar-refractivity contribution is -0.384. The van der Waals surface area contributed by atoms with E-state index in [2.05, 4.69) is 10.3 Å². The number of benzene rings is 1. The molecule has 0 saturated heterocycles. The van der Waals surface area contributed by atoms with E-state index in [9.17, 15) is 19.3 Å². The topological polar surface area (TPSA) is 111 Å². The average molecular weight is 290 g/mol. The molecule has 1 heterocycles. The summed E-state index contributed by atoms with van der Waals surface area (Å²) < 4.78 is 13.0. The number of rotatable bonds is 4. The second-order valence-electron chi connectivity index (χ2n) is 4.20. The molecule has 21 heavy (non-hydrogen) atoms. The summed E-state index contributed by atoms with van der Waals surface area (Å²) in [6.07, 6.45) is 0.909. The van der Waals surface area contributed by atoms with Crippen molar-refractivity contribution < 1.29 is 14.1 Å². The van der Waals surface area contributed by atoms with Gasteiger partial charge in [0.2, 0.25) is 0 Å². The van der Waals surface area contributed by atoms with E-state index in [0.717, 1.165) is 12.3 Å². The van der Waals surface area contributed by atoms with E-state index in [1.54, 1.807) is 6.07 Å². The fourth-order valence-corrected chi connectivity index (χ4v) is 1.69. The minimum atomic E-state index is -0.676. The highest BCUT2D eigenvalue weighted by molar-refractivity contribution is 5.98. The predicted octanol–water partition coefficient (Wildman–Crippen LogP) is 1.64. The Kier molecular flexibility index (Phi) is 4.07. The van der Waals surface area contributed by atoms with Gasteiger partial charge < -0.3 is 11.1 Å². The molecular formula is C13H11FN4O3. The van der Waals surface area contributed by atoms with Crippen LogP contribution in [0.2, 0.25) is 0 Å². The van der Waals surface area contributed by atoms with Crippen LogP contribution in [0.15, 0.2) is 36.5 Å². The number of nitro benzene ring substituents is 1. The van der Waals surface area contributed by atoms with Gasteiger partial charge in [0.25, 0.3) is 11.6 Å². The fraction of sp³-hybridized carbons (Fsp3) is 0.0769. The zero-order valence-corrected chi connectivity index (χ0v) is 10.7. The molecule has 0 aliphatic heterocycles. The molecule has 1 aromatic heterocycles. The van der Waals surface area contributed by atoms with Crippen LogP contribution < -0.4 is 11.1 Å². The number of anilines is 1. The maximum absolute atomic E-state index is 13.0. The molecule has 0 radical (unpaired) electrons. The lowest BCUT2D eigenvalue weighted by atomic mass is 10.2. The number of nitrogens with zero attached hydrogens (tertiary/aromatic N) is 2. The number of pyridine rings is 1. The smallest absolute Gasteiger partial charge is 0.269 e. The van der Waals surface area contributed by atoms with Crippen LogP contribution in [-0.2, 0) is 6.54 Å². The zero-order chi connectivity index (χ0) is 15.4. The number of aromatic nitrogens is 1. The third-order valence-corrected chi connectivity index (χ3v) is 2.70. The number of nitrogens with one attached hydrogen (secondary N) is 1. The fourth-order valence-electron chi connectivity index (χ4n) is 1.69. The van der Waals surface area contributed by atoms with Crippen molar-refractivity contribution in [1.29, 1.82) is 0 Å². The van der Waals surface area contributed by atoms with Gasteiger partial charge in [0, 0.05) is 18.7 Å². The Morgan fingerprint density at radius 3 is 2.90 bits per heavy atom. The number of amides is 1. The van der Waals surface area contributed by atoms with Crippen molar-refractivity contribution in [2.75, 3.05) is 5.73 Å². The zero-order valence-electron chi connectivity index (χ0n) is 10.7. The maximum atomic E-state index is 13.0. The lowest BCUT2D eigenvalue weighted by Gasteiger charge is -2.07. The molecule has 2 aromatic rings. The van der Waals surface area contributed by atoms with Gasteiger partial charge in [-0.3, -0.25) is 14.9 Å². The van der Waals surface area contributed by atoms with Crippen molar-refractivity contribution in [3.63, 3.8) is 0 Å². The molecule has 2 rings (SSSR count). The molecule has 0 atom stereocenters. The summed E-state index contributed by atoms with van der Waals surface area (Å²) in [6, 6.07) is 6.80. The molecule has 7 nitrogen and oxygen atoms in total. The third-order valence-electron chi connectivity index (χ3n) is 2.70. The Morgan fingerprint density at radius 1 is 1.43 bits per heavy atom. The van der Waals surface area contributed by atoms with Gasteiger partial charge in [-0.1, -0.05) is 12.1 Å². The highest BCUT2D eigenvalue weighted by Crippen LogP contribution is 2.14. The number of hydrogen-bond donors (Lipinski definition) is 2. The summed E-state index contributed by atoms with van der Waals surface area (Å²) in [5.41, 5.74) is 5.88. The highest BCUT2D eigenvalue weighted by Gasteiger charge is 2.12. The molecule has 1 aromatic carbocycles. The molecule has 0 fully saturated rings. The first-order valence-electron chi connectivity index (χ1n) is 5.90. The molecule has 8 heteroatoms. The summed E-state index contributed by atoms with van der Waals surface area (Å²) in [7, 11) is 0. The number of carbonyl (C=O) groups excluding carboxylic acids is 1. The van der Waals surface area contributed by atoms with Gasteiger partial charge in [0.05, 0.1) is 16.7 Å². The van der Waals surface area contributed by atoms with Crippen molar-refractivity contribution in [3.8, 4) is 0 Å². The summed E-state index contributed by atoms with van der Waals surface area (Å²) in [6.45, 7) is 0.0521. The van der Waals surface area contributed by atoms with Crippen molar-refractivity contribution in [2.45, 2.75) is 6.54 Å². The van der Waals surface area contributed by atoms with Crippen molar-refractivity contribution in [3.05, 3.63) is 63.6 Å². The number of non-ortho nitro benzene ring substituents is 1. The molecule has 0 spiro atoms. The first-order valence-corrected chi connectivity index (χ1v) is 5.90. The largest absolute Gasteiger partial charge is 0.383 e. The minimum absolute atomic E-state index is 0.0521. The normalized spacial score (nSPS) is 10.1. The first kappa shape index (κ1) is 14.4. The monoisotopic (exact) mass is 290 g/mol. The second kappa shape index (κ2) is 5.95. The molecule has 0 unspecified atom stereocenters. The Morgan fingerprint density at radius 2 is 2.19 bits per heavy atom. The molecule has 0 aliphatic rings. The van der Waals surface area contributed by atoms with Gasteiger partial charge >= 0.3 is 0 Å². The summed E-state index contributed by atoms with van der Waals surface area (Å²) in [5, 5.41) is 13.1. The second-order valence-corrected chi connectivity index (χ2v) is 4.20. The van der Waals surface area contributed by atoms with Crippen LogP contribution >= 0.6 is 0 Å². The van der Waals surface area contributed by atoms with E-state index in [-0.39, 0.29) is 23.6 Å². The van der Waals surface area contributed by atoms with Gasteiger partial charge in [0.1, 0.15) is 11.6 Å². The van der Waals surface area contributed by atoms with Gasteiger partial charge in [-0.25, -0.2) is 9.37 Å². The van der Waals surface area contributed by atoms with E-state index in [1.165, 1.54) is 18.2 Å². The molecular weight excluding hydrogens is 279 g/mol. The Hall–Kier alpha value is -3.03. The van der Waals surface area contributed by atoms with Crippen LogP contribution in [0.4, 0.5) is 15.9 Å². The average Bonchev–Trinajstić information content (AvgIpc) is 2.47. The van der Waals surface area contributed by atoms with E-state index >= 15 is 0 Å². The van der Waals surface area contributed by atoms with Crippen molar-refractivity contribution >= 4 is 17.4 Å². The van der Waals surface area contributed by atoms with Gasteiger partial charge in [-0.05, 0) is 11.6 Å². The van der Waals surface area contributed by atoms with E-state index < -0.39 is 16.6 Å². The molecule has 1 amide bonds. The van der Waals surface area contributed by atoms with E-state index in [4.69, 9.17) is 5.73 Å². The predicted molar refractivity (Wildman–Crippen MR) is 72.9 cm³/mol. The molecule has 108 valence electrons. The van der Waals surface area contributed by atoms with Crippen molar-refractivity contribution in [1.82, 2.24) is 10.3 Å². The van der Waals surface area contributed by atoms with Crippen LogP contribution in [0.5, 0.6) is 0 Å². The van der Waals surface area contributed by atoms with Crippen LogP contribution in [0, 0.1) is 15.9 Å². The molecule has 3 N–H and O–H groups in total. The first-order chi connectivity index (χ1) is 9.97. The standard InChI is InChI=1S/C13H11FN4O3/c14-9-5-11(12(15)16-7-9)13(19)17-6-8-2-1-3-10(4-8)18(20)21/h1-5,7H,6H2,(H2,15,16)(H,17,19). The SMILES string of the molecule is Nc1ncc(F)cc1C(=O)NCc1cccc([N+](=O)[O-])c1. The summed E-state index contributed by atoms with van der Waals surface area (Å²) in [5.74, 6) is -1.37. The Balaban J connectivity index is 2.09. The maximum Gasteiger partial charge on any atom is 0.269 e. The third kappa shape index (κ3) is 3.50. The van der Waals surface area contributed by atoms with Crippen molar-refractivity contribution in [2.24, 2.45) is 0 Å². The Bertz CT molecular complexity index is 706. The van der Waals surface area contributed by atoms with Crippen LogP contribution in [0.1, 0.15) is 15.9 Å². The summed E-state index contributed by atoms with van der Waals surface area (Å²) in [4.78, 5) is 25.5. The van der Waals surface area contributed by atoms with E-state index in [1.807, 2.05) is 0 Å². The number of halogens is 1.